The maximum absolute atomic E-state index is 12.6. The lowest BCUT2D eigenvalue weighted by Gasteiger charge is -2.44. The smallest absolute Gasteiger partial charge is 0.310 e. The Hall–Kier alpha value is -1.47. The van der Waals surface area contributed by atoms with E-state index in [0.29, 0.717) is 23.4 Å². The number of aromatic nitrogens is 2. The number of esters is 1. The van der Waals surface area contributed by atoms with Gasteiger partial charge in [0.25, 0.3) is 5.88 Å². The van der Waals surface area contributed by atoms with Gasteiger partial charge < -0.3 is 9.47 Å². The summed E-state index contributed by atoms with van der Waals surface area (Å²) in [6.45, 7) is 11.1. The third-order valence-electron chi connectivity index (χ3n) is 6.48. The minimum atomic E-state index is -0.165. The number of hydrogen-bond donors (Lipinski definition) is 0. The van der Waals surface area contributed by atoms with Crippen LogP contribution in [0.5, 0.6) is 5.88 Å². The molecule has 0 N–H and O–H groups in total. The molecule has 1 aliphatic heterocycles. The molecule has 33 heavy (non-hydrogen) atoms. The fourth-order valence-electron chi connectivity index (χ4n) is 4.67. The number of hydrogen-bond acceptors (Lipinski definition) is 6. The molecule has 2 atom stereocenters. The second-order valence-electron chi connectivity index (χ2n) is 9.99. The molecule has 2 heterocycles. The summed E-state index contributed by atoms with van der Waals surface area (Å²) < 4.78 is 21.8. The van der Waals surface area contributed by atoms with Crippen LogP contribution >= 0.6 is 11.7 Å². The quantitative estimate of drug-likeness (QED) is 0.151. The van der Waals surface area contributed by atoms with E-state index in [4.69, 9.17) is 9.47 Å². The lowest BCUT2D eigenvalue weighted by atomic mass is 10.0. The fraction of sp³-hybridized carbons (Fsp3) is 0.808. The molecule has 1 aromatic heterocycles. The molecule has 188 valence electrons. The van der Waals surface area contributed by atoms with Crippen LogP contribution in [-0.2, 0) is 9.53 Å². The maximum Gasteiger partial charge on any atom is 0.310 e. The largest absolute Gasteiger partial charge is 0.475 e. The van der Waals surface area contributed by atoms with Gasteiger partial charge in [-0.2, -0.15) is 4.37 Å². The van der Waals surface area contributed by atoms with Gasteiger partial charge in [-0.15, -0.1) is 4.37 Å². The molecule has 1 aliphatic rings. The average Bonchev–Trinajstić information content (AvgIpc) is 3.25. The first kappa shape index (κ1) is 27.8. The standard InChI is InChI=1S/C26H46N3O3S/c1-6-8-10-12-13-17-23(30)32-26(21(3)4)29(5)18-15-16-22(20-29)24-25(28-33-27-24)31-19-14-11-9-7-2/h16,21,26H,6-15,17-20H2,1-5H3/q+1. The van der Waals surface area contributed by atoms with Crippen LogP contribution in [0.2, 0.25) is 0 Å². The number of quaternary nitrogens is 1. The Labute approximate surface area is 205 Å². The second-order valence-corrected chi connectivity index (χ2v) is 10.5. The zero-order valence-electron chi connectivity index (χ0n) is 21.6. The molecule has 0 radical (unpaired) electrons. The van der Waals surface area contributed by atoms with Gasteiger partial charge in [0.05, 0.1) is 31.9 Å². The van der Waals surface area contributed by atoms with Gasteiger partial charge >= 0.3 is 5.97 Å². The summed E-state index contributed by atoms with van der Waals surface area (Å²) in [7, 11) is 2.21. The van der Waals surface area contributed by atoms with E-state index in [0.717, 1.165) is 50.0 Å². The molecule has 0 amide bonds. The number of nitrogens with zero attached hydrogens (tertiary/aromatic N) is 3. The van der Waals surface area contributed by atoms with Crippen LogP contribution < -0.4 is 4.74 Å². The lowest BCUT2D eigenvalue weighted by molar-refractivity contribution is -0.950. The Bertz CT molecular complexity index is 734. The van der Waals surface area contributed by atoms with E-state index in [1.807, 2.05) is 0 Å². The first-order chi connectivity index (χ1) is 15.9. The van der Waals surface area contributed by atoms with Crippen molar-refractivity contribution in [1.82, 2.24) is 8.75 Å². The Morgan fingerprint density at radius 1 is 1.06 bits per heavy atom. The topological polar surface area (TPSA) is 61.3 Å². The van der Waals surface area contributed by atoms with Crippen molar-refractivity contribution in [2.75, 3.05) is 26.7 Å². The van der Waals surface area contributed by atoms with E-state index in [9.17, 15) is 4.79 Å². The van der Waals surface area contributed by atoms with Crippen molar-refractivity contribution in [2.45, 2.75) is 105 Å². The Balaban J connectivity index is 1.98. The van der Waals surface area contributed by atoms with Gasteiger partial charge in [-0.25, -0.2) is 0 Å². The molecular weight excluding hydrogens is 434 g/mol. The predicted molar refractivity (Wildman–Crippen MR) is 136 cm³/mol. The van der Waals surface area contributed by atoms with Gasteiger partial charge in [-0.05, 0) is 12.8 Å². The first-order valence-electron chi connectivity index (χ1n) is 13.1. The van der Waals surface area contributed by atoms with Crippen LogP contribution in [0.25, 0.3) is 5.57 Å². The maximum atomic E-state index is 12.6. The van der Waals surface area contributed by atoms with Crippen molar-refractivity contribution in [1.29, 1.82) is 0 Å². The van der Waals surface area contributed by atoms with Crippen molar-refractivity contribution in [3.05, 3.63) is 11.8 Å². The minimum absolute atomic E-state index is 0.0629. The van der Waals surface area contributed by atoms with Gasteiger partial charge in [-0.3, -0.25) is 9.28 Å². The number of rotatable bonds is 16. The van der Waals surface area contributed by atoms with Crippen molar-refractivity contribution >= 4 is 23.3 Å². The predicted octanol–water partition coefficient (Wildman–Crippen LogP) is 6.62. The zero-order chi connectivity index (χ0) is 24.1. The third-order valence-corrected chi connectivity index (χ3v) is 6.99. The summed E-state index contributed by atoms with van der Waals surface area (Å²) in [6.07, 6.45) is 13.9. The molecule has 0 bridgehead atoms. The highest BCUT2D eigenvalue weighted by atomic mass is 32.1. The van der Waals surface area contributed by atoms with Crippen LogP contribution in [0.1, 0.15) is 104 Å². The summed E-state index contributed by atoms with van der Waals surface area (Å²) >= 11 is 1.21. The van der Waals surface area contributed by atoms with Crippen molar-refractivity contribution in [3.63, 3.8) is 0 Å². The average molecular weight is 481 g/mol. The van der Waals surface area contributed by atoms with E-state index < -0.39 is 0 Å². The van der Waals surface area contributed by atoms with Gasteiger partial charge in [0.15, 0.2) is 0 Å². The molecule has 0 fully saturated rings. The van der Waals surface area contributed by atoms with E-state index >= 15 is 0 Å². The summed E-state index contributed by atoms with van der Waals surface area (Å²) in [5.74, 6) is 0.828. The van der Waals surface area contributed by atoms with E-state index in [1.54, 1.807) is 0 Å². The first-order valence-corrected chi connectivity index (χ1v) is 13.8. The van der Waals surface area contributed by atoms with Gasteiger partial charge in [-0.1, -0.05) is 78.7 Å². The Morgan fingerprint density at radius 3 is 2.45 bits per heavy atom. The van der Waals surface area contributed by atoms with Crippen LogP contribution in [0, 0.1) is 5.92 Å². The highest BCUT2D eigenvalue weighted by Crippen LogP contribution is 2.33. The lowest BCUT2D eigenvalue weighted by Crippen LogP contribution is -2.58. The molecule has 6 nitrogen and oxygen atoms in total. The Kier molecular flexibility index (Phi) is 12.4. The molecule has 0 aliphatic carbocycles. The van der Waals surface area contributed by atoms with Gasteiger partial charge in [0.1, 0.15) is 12.2 Å². The molecule has 0 spiro atoms. The van der Waals surface area contributed by atoms with Crippen LogP contribution in [0.3, 0.4) is 0 Å². The monoisotopic (exact) mass is 480 g/mol. The van der Waals surface area contributed by atoms with Gasteiger partial charge in [0, 0.05) is 24.3 Å². The molecule has 0 aromatic carbocycles. The highest BCUT2D eigenvalue weighted by Gasteiger charge is 2.41. The highest BCUT2D eigenvalue weighted by molar-refractivity contribution is 6.99. The van der Waals surface area contributed by atoms with Crippen molar-refractivity contribution < 1.29 is 18.8 Å². The third kappa shape index (κ3) is 9.01. The SMILES string of the molecule is CCCCCCCC(=O)OC(C(C)C)[N+]1(C)CCC=C(c2nsnc2OCCCCCC)C1. The number of ether oxygens (including phenoxy) is 2. The van der Waals surface area contributed by atoms with Crippen LogP contribution in [0.4, 0.5) is 0 Å². The van der Waals surface area contributed by atoms with E-state index in [2.05, 4.69) is 49.6 Å². The zero-order valence-corrected chi connectivity index (χ0v) is 22.4. The minimum Gasteiger partial charge on any atom is -0.475 e. The summed E-state index contributed by atoms with van der Waals surface area (Å²) in [4.78, 5) is 12.6. The van der Waals surface area contributed by atoms with Gasteiger partial charge in [0.2, 0.25) is 6.23 Å². The number of carbonyl (C=O) groups excluding carboxylic acids is 1. The molecule has 0 saturated carbocycles. The molecule has 2 rings (SSSR count). The van der Waals surface area contributed by atoms with E-state index in [1.165, 1.54) is 50.3 Å². The van der Waals surface area contributed by atoms with Crippen molar-refractivity contribution in [3.8, 4) is 5.88 Å². The normalized spacial score (nSPS) is 19.4. The molecule has 7 heteroatoms. The number of likely N-dealkylation sites (N-methyl/N-ethyl adjacent to an activating group) is 1. The number of carbonyl (C=O) groups is 1. The van der Waals surface area contributed by atoms with Crippen molar-refractivity contribution in [2.24, 2.45) is 5.92 Å². The molecule has 1 aromatic rings. The second kappa shape index (κ2) is 14.7. The summed E-state index contributed by atoms with van der Waals surface area (Å²) in [5, 5.41) is 0. The molecule has 0 saturated heterocycles. The fourth-order valence-corrected chi connectivity index (χ4v) is 5.20. The molecular formula is C26H46N3O3S+. The summed E-state index contributed by atoms with van der Waals surface area (Å²) in [5.41, 5.74) is 2.02. The summed E-state index contributed by atoms with van der Waals surface area (Å²) in [6, 6.07) is 0. The number of unbranched alkanes of at least 4 members (excludes halogenated alkanes) is 7. The molecule has 2 unspecified atom stereocenters. The van der Waals surface area contributed by atoms with Crippen LogP contribution in [-0.4, -0.2) is 52.2 Å². The Morgan fingerprint density at radius 2 is 1.76 bits per heavy atom. The van der Waals surface area contributed by atoms with E-state index in [-0.39, 0.29) is 18.1 Å². The van der Waals surface area contributed by atoms with Crippen LogP contribution in [0.15, 0.2) is 6.08 Å².